The SMILES string of the molecule is COC(=O)[C@H]1CCCN1C(=O)/C=C/c1ccccc1Br. The maximum atomic E-state index is 12.2. The van der Waals surface area contributed by atoms with Gasteiger partial charge < -0.3 is 9.64 Å². The zero-order valence-corrected chi connectivity index (χ0v) is 12.8. The molecule has 2 rings (SSSR count). The molecule has 0 N–H and O–H groups in total. The van der Waals surface area contributed by atoms with Crippen molar-refractivity contribution >= 4 is 33.9 Å². The van der Waals surface area contributed by atoms with E-state index >= 15 is 0 Å². The van der Waals surface area contributed by atoms with Gasteiger partial charge in [-0.1, -0.05) is 34.1 Å². The molecule has 1 aliphatic rings. The van der Waals surface area contributed by atoms with Crippen LogP contribution in [0.3, 0.4) is 0 Å². The number of benzene rings is 1. The number of methoxy groups -OCH3 is 1. The highest BCUT2D eigenvalue weighted by Gasteiger charge is 2.33. The van der Waals surface area contributed by atoms with Crippen LogP contribution in [0.1, 0.15) is 18.4 Å². The minimum atomic E-state index is -0.448. The lowest BCUT2D eigenvalue weighted by Gasteiger charge is -2.20. The number of amides is 1. The molecule has 0 unspecified atom stereocenters. The molecule has 0 aliphatic carbocycles. The van der Waals surface area contributed by atoms with Crippen molar-refractivity contribution in [2.75, 3.05) is 13.7 Å². The maximum absolute atomic E-state index is 12.2. The van der Waals surface area contributed by atoms with E-state index < -0.39 is 6.04 Å². The van der Waals surface area contributed by atoms with Gasteiger partial charge in [0.05, 0.1) is 7.11 Å². The van der Waals surface area contributed by atoms with Gasteiger partial charge in [0.15, 0.2) is 0 Å². The summed E-state index contributed by atoms with van der Waals surface area (Å²) in [6, 6.07) is 7.20. The predicted molar refractivity (Wildman–Crippen MR) is 79.9 cm³/mol. The normalized spacial score (nSPS) is 18.5. The number of likely N-dealkylation sites (tertiary alicyclic amines) is 1. The van der Waals surface area contributed by atoms with Crippen LogP contribution in [0.25, 0.3) is 6.08 Å². The van der Waals surface area contributed by atoms with Crippen LogP contribution in [0.15, 0.2) is 34.8 Å². The highest BCUT2D eigenvalue weighted by atomic mass is 79.9. The van der Waals surface area contributed by atoms with Gasteiger partial charge in [-0.05, 0) is 30.5 Å². The van der Waals surface area contributed by atoms with Crippen molar-refractivity contribution in [1.29, 1.82) is 0 Å². The number of esters is 1. The molecule has 106 valence electrons. The second-order valence-electron chi connectivity index (χ2n) is 4.57. The Hall–Kier alpha value is -1.62. The van der Waals surface area contributed by atoms with Gasteiger partial charge in [0.25, 0.3) is 0 Å². The van der Waals surface area contributed by atoms with Crippen molar-refractivity contribution in [3.8, 4) is 0 Å². The summed E-state index contributed by atoms with van der Waals surface area (Å²) in [5, 5.41) is 0. The monoisotopic (exact) mass is 337 g/mol. The van der Waals surface area contributed by atoms with Crippen molar-refractivity contribution in [2.45, 2.75) is 18.9 Å². The van der Waals surface area contributed by atoms with Crippen molar-refractivity contribution in [1.82, 2.24) is 4.90 Å². The summed E-state index contributed by atoms with van der Waals surface area (Å²) < 4.78 is 5.66. The molecule has 20 heavy (non-hydrogen) atoms. The molecular weight excluding hydrogens is 322 g/mol. The molecule has 4 nitrogen and oxygen atoms in total. The summed E-state index contributed by atoms with van der Waals surface area (Å²) in [6.45, 7) is 0.596. The molecule has 0 spiro atoms. The molecule has 1 fully saturated rings. The third-order valence-corrected chi connectivity index (χ3v) is 4.04. The molecule has 0 aromatic heterocycles. The Bertz CT molecular complexity index is 542. The van der Waals surface area contributed by atoms with Gasteiger partial charge in [-0.15, -0.1) is 0 Å². The number of carbonyl (C=O) groups is 2. The van der Waals surface area contributed by atoms with Crippen LogP contribution in [-0.4, -0.2) is 36.5 Å². The van der Waals surface area contributed by atoms with E-state index in [-0.39, 0.29) is 11.9 Å². The Kier molecular flexibility index (Phi) is 4.95. The highest BCUT2D eigenvalue weighted by molar-refractivity contribution is 9.10. The number of ether oxygens (including phenoxy) is 1. The molecule has 1 atom stereocenters. The van der Waals surface area contributed by atoms with E-state index in [9.17, 15) is 9.59 Å². The first-order chi connectivity index (χ1) is 9.63. The van der Waals surface area contributed by atoms with Crippen LogP contribution >= 0.6 is 15.9 Å². The molecule has 1 heterocycles. The van der Waals surface area contributed by atoms with E-state index in [2.05, 4.69) is 15.9 Å². The minimum Gasteiger partial charge on any atom is -0.467 e. The molecule has 0 bridgehead atoms. The smallest absolute Gasteiger partial charge is 0.328 e. The first-order valence-electron chi connectivity index (χ1n) is 6.44. The summed E-state index contributed by atoms with van der Waals surface area (Å²) in [7, 11) is 1.35. The summed E-state index contributed by atoms with van der Waals surface area (Å²) in [5.74, 6) is -0.501. The third-order valence-electron chi connectivity index (χ3n) is 3.32. The fourth-order valence-electron chi connectivity index (χ4n) is 2.28. The van der Waals surface area contributed by atoms with Crippen molar-refractivity contribution in [3.05, 3.63) is 40.4 Å². The molecule has 1 aliphatic heterocycles. The van der Waals surface area contributed by atoms with Gasteiger partial charge >= 0.3 is 5.97 Å². The van der Waals surface area contributed by atoms with Crippen LogP contribution in [0.5, 0.6) is 0 Å². The minimum absolute atomic E-state index is 0.159. The fraction of sp³-hybridized carbons (Fsp3) is 0.333. The Balaban J connectivity index is 2.08. The van der Waals surface area contributed by atoms with Crippen LogP contribution in [0.4, 0.5) is 0 Å². The van der Waals surface area contributed by atoms with Crippen LogP contribution in [-0.2, 0) is 14.3 Å². The second kappa shape index (κ2) is 6.70. The predicted octanol–water partition coefficient (Wildman–Crippen LogP) is 2.63. The van der Waals surface area contributed by atoms with Crippen molar-refractivity contribution in [2.24, 2.45) is 0 Å². The van der Waals surface area contributed by atoms with E-state index in [0.29, 0.717) is 13.0 Å². The Morgan fingerprint density at radius 1 is 1.40 bits per heavy atom. The number of rotatable bonds is 3. The lowest BCUT2D eigenvalue weighted by Crippen LogP contribution is -2.40. The number of nitrogens with zero attached hydrogens (tertiary/aromatic N) is 1. The highest BCUT2D eigenvalue weighted by Crippen LogP contribution is 2.20. The average Bonchev–Trinajstić information content (AvgIpc) is 2.94. The van der Waals surface area contributed by atoms with Gasteiger partial charge in [0, 0.05) is 17.1 Å². The van der Waals surface area contributed by atoms with E-state index in [4.69, 9.17) is 4.74 Å². The number of halogens is 1. The van der Waals surface area contributed by atoms with Crippen LogP contribution < -0.4 is 0 Å². The summed E-state index contributed by atoms with van der Waals surface area (Å²) in [5.41, 5.74) is 0.926. The molecule has 5 heteroatoms. The second-order valence-corrected chi connectivity index (χ2v) is 5.42. The maximum Gasteiger partial charge on any atom is 0.328 e. The third kappa shape index (κ3) is 3.28. The Morgan fingerprint density at radius 2 is 2.15 bits per heavy atom. The summed E-state index contributed by atoms with van der Waals surface area (Å²) in [4.78, 5) is 25.4. The van der Waals surface area contributed by atoms with E-state index in [0.717, 1.165) is 16.5 Å². The number of hydrogen-bond acceptors (Lipinski definition) is 3. The Labute approximate surface area is 126 Å². The van der Waals surface area contributed by atoms with Crippen LogP contribution in [0, 0.1) is 0 Å². The quantitative estimate of drug-likeness (QED) is 0.629. The Morgan fingerprint density at radius 3 is 2.85 bits per heavy atom. The van der Waals surface area contributed by atoms with Crippen molar-refractivity contribution < 1.29 is 14.3 Å². The van der Waals surface area contributed by atoms with Gasteiger partial charge in [0.2, 0.25) is 5.91 Å². The zero-order chi connectivity index (χ0) is 14.5. The van der Waals surface area contributed by atoms with Gasteiger partial charge in [-0.25, -0.2) is 4.79 Å². The van der Waals surface area contributed by atoms with E-state index in [1.54, 1.807) is 11.0 Å². The van der Waals surface area contributed by atoms with Gasteiger partial charge in [-0.2, -0.15) is 0 Å². The molecular formula is C15H16BrNO3. The lowest BCUT2D eigenvalue weighted by molar-refractivity contribution is -0.149. The molecule has 1 saturated heterocycles. The topological polar surface area (TPSA) is 46.6 Å². The molecule has 1 amide bonds. The van der Waals surface area contributed by atoms with Gasteiger partial charge in [0.1, 0.15) is 6.04 Å². The van der Waals surface area contributed by atoms with Gasteiger partial charge in [-0.3, -0.25) is 4.79 Å². The summed E-state index contributed by atoms with van der Waals surface area (Å²) >= 11 is 3.43. The van der Waals surface area contributed by atoms with E-state index in [1.807, 2.05) is 24.3 Å². The van der Waals surface area contributed by atoms with Crippen LogP contribution in [0.2, 0.25) is 0 Å². The molecule has 1 aromatic rings. The standard InChI is InChI=1S/C15H16BrNO3/c1-20-15(19)13-7-4-10-17(13)14(18)9-8-11-5-2-3-6-12(11)16/h2-3,5-6,8-9,13H,4,7,10H2,1H3/b9-8+/t13-/m1/s1. The van der Waals surface area contributed by atoms with Crippen molar-refractivity contribution in [3.63, 3.8) is 0 Å². The largest absolute Gasteiger partial charge is 0.467 e. The average molecular weight is 338 g/mol. The lowest BCUT2D eigenvalue weighted by atomic mass is 10.2. The fourth-order valence-corrected chi connectivity index (χ4v) is 2.70. The summed E-state index contributed by atoms with van der Waals surface area (Å²) in [6.07, 6.45) is 4.75. The molecule has 0 radical (unpaired) electrons. The first-order valence-corrected chi connectivity index (χ1v) is 7.24. The molecule has 0 saturated carbocycles. The van der Waals surface area contributed by atoms with E-state index in [1.165, 1.54) is 13.2 Å². The zero-order valence-electron chi connectivity index (χ0n) is 11.2. The number of carbonyl (C=O) groups excluding carboxylic acids is 2. The number of hydrogen-bond donors (Lipinski definition) is 0. The molecule has 1 aromatic carbocycles. The first kappa shape index (κ1) is 14.8.